The molecule has 0 bridgehead atoms. The first kappa shape index (κ1) is 37.9. The van der Waals surface area contributed by atoms with E-state index < -0.39 is 0 Å². The van der Waals surface area contributed by atoms with Gasteiger partial charge >= 0.3 is 0 Å². The van der Waals surface area contributed by atoms with Gasteiger partial charge in [-0.3, -0.25) is 0 Å². The predicted molar refractivity (Wildman–Crippen MR) is 254 cm³/mol. The average Bonchev–Trinajstić information content (AvgIpc) is 3.30. The van der Waals surface area contributed by atoms with E-state index in [2.05, 4.69) is 146 Å². The van der Waals surface area contributed by atoms with Gasteiger partial charge in [-0.2, -0.15) is 0 Å². The van der Waals surface area contributed by atoms with Gasteiger partial charge in [0.25, 0.3) is 0 Å². The Hall–Kier alpha value is -7.30. The highest BCUT2D eigenvalue weighted by atomic mass is 19.1. The summed E-state index contributed by atoms with van der Waals surface area (Å²) in [5, 5.41) is 6.61. The maximum Gasteiger partial charge on any atom is 0.125 e. The number of benzene rings is 10. The van der Waals surface area contributed by atoms with E-state index in [1.807, 2.05) is 48.5 Å². The fourth-order valence-electron chi connectivity index (χ4n) is 8.80. The zero-order valence-electron chi connectivity index (χ0n) is 34.4. The number of halogens is 2. The van der Waals surface area contributed by atoms with Crippen LogP contribution in [0.4, 0.5) is 42.9 Å². The van der Waals surface area contributed by atoms with Gasteiger partial charge in [-0.25, -0.2) is 8.78 Å². The second-order valence-corrected chi connectivity index (χ2v) is 16.5. The van der Waals surface area contributed by atoms with E-state index in [-0.39, 0.29) is 17.0 Å². The molecule has 0 amide bonds. The summed E-state index contributed by atoms with van der Waals surface area (Å²) in [5.74, 6) is -0.653. The predicted octanol–water partition coefficient (Wildman–Crippen LogP) is 16.8. The molecule has 0 saturated carbocycles. The number of nitrogens with zero attached hydrogens (tertiary/aromatic N) is 2. The Labute approximate surface area is 355 Å². The third-order valence-corrected chi connectivity index (χ3v) is 12.4. The molecule has 0 unspecified atom stereocenters. The Morgan fingerprint density at radius 1 is 0.393 bits per heavy atom. The smallest absolute Gasteiger partial charge is 0.125 e. The molecule has 0 aliphatic carbocycles. The monoisotopic (exact) mass is 794 g/mol. The zero-order valence-corrected chi connectivity index (χ0v) is 34.4. The van der Waals surface area contributed by atoms with E-state index >= 15 is 8.78 Å². The zero-order chi connectivity index (χ0) is 41.7. The third kappa shape index (κ3) is 6.94. The van der Waals surface area contributed by atoms with Crippen LogP contribution in [0.15, 0.2) is 200 Å². The molecule has 0 fully saturated rings. The van der Waals surface area contributed by atoms with Crippen molar-refractivity contribution in [3.8, 4) is 22.3 Å². The van der Waals surface area contributed by atoms with Crippen LogP contribution in [0.3, 0.4) is 0 Å². The van der Waals surface area contributed by atoms with Crippen LogP contribution in [0.2, 0.25) is 0 Å². The topological polar surface area (TPSA) is 6.48 Å². The van der Waals surface area contributed by atoms with E-state index in [0.717, 1.165) is 83.7 Å². The summed E-state index contributed by atoms with van der Waals surface area (Å²) >= 11 is 0. The van der Waals surface area contributed by atoms with Crippen LogP contribution < -0.4 is 9.80 Å². The maximum absolute atomic E-state index is 15.4. The molecule has 0 aliphatic heterocycles. The first-order chi connectivity index (χ1) is 29.8. The summed E-state index contributed by atoms with van der Waals surface area (Å²) in [7, 11) is 0. The minimum atomic E-state index is -0.327. The van der Waals surface area contributed by atoms with Crippen molar-refractivity contribution in [1.82, 2.24) is 0 Å². The molecule has 0 N–H and O–H groups in total. The summed E-state index contributed by atoms with van der Waals surface area (Å²) in [5.41, 5.74) is 10.5. The molecule has 296 valence electrons. The highest BCUT2D eigenvalue weighted by Gasteiger charge is 2.26. The standard InChI is InChI=1S/C57H44F2N2/c1-4-57(2,3)44-33-42-25-31-51-53(60(49-19-11-17-45(58)35-49)47-27-21-40(22-28-47)38-13-7-5-8-14-38)37-54(52-32-26-43(34-44)55(42)56(51)52)61(50-20-12-18-46(59)36-50)48-29-23-41(24-30-48)39-15-9-6-10-16-39/h5-37H,4H2,1-3H3. The van der Waals surface area contributed by atoms with Crippen LogP contribution in [-0.2, 0) is 5.41 Å². The lowest BCUT2D eigenvalue weighted by atomic mass is 9.80. The first-order valence-corrected chi connectivity index (χ1v) is 20.9. The highest BCUT2D eigenvalue weighted by molar-refractivity contribution is 6.29. The van der Waals surface area contributed by atoms with Gasteiger partial charge in [-0.15, -0.1) is 0 Å². The molecule has 0 heterocycles. The van der Waals surface area contributed by atoms with Gasteiger partial charge < -0.3 is 9.80 Å². The summed E-state index contributed by atoms with van der Waals surface area (Å²) in [6.45, 7) is 6.84. The Morgan fingerprint density at radius 2 is 0.820 bits per heavy atom. The van der Waals surface area contributed by atoms with Crippen molar-refractivity contribution in [2.45, 2.75) is 32.6 Å². The summed E-state index contributed by atoms with van der Waals surface area (Å²) in [6.07, 6.45) is 1.01. The van der Waals surface area contributed by atoms with Gasteiger partial charge in [0.15, 0.2) is 0 Å². The Kier molecular flexibility index (Phi) is 9.57. The fraction of sp³-hybridized carbons (Fsp3) is 0.0877. The molecule has 10 rings (SSSR count). The van der Waals surface area contributed by atoms with Crippen molar-refractivity contribution in [2.24, 2.45) is 0 Å². The van der Waals surface area contributed by atoms with Crippen molar-refractivity contribution in [1.29, 1.82) is 0 Å². The second-order valence-electron chi connectivity index (χ2n) is 16.5. The van der Waals surface area contributed by atoms with E-state index in [4.69, 9.17) is 0 Å². The lowest BCUT2D eigenvalue weighted by Crippen LogP contribution is -2.16. The van der Waals surface area contributed by atoms with Gasteiger partial charge in [-0.05, 0) is 123 Å². The van der Waals surface area contributed by atoms with Gasteiger partial charge in [0.05, 0.1) is 11.4 Å². The van der Waals surface area contributed by atoms with E-state index in [1.54, 1.807) is 24.3 Å². The van der Waals surface area contributed by atoms with E-state index in [1.165, 1.54) is 17.7 Å². The quantitative estimate of drug-likeness (QED) is 0.127. The summed E-state index contributed by atoms with van der Waals surface area (Å²) in [6, 6.07) is 66.9. The Balaban J connectivity index is 1.29. The minimum Gasteiger partial charge on any atom is -0.310 e. The van der Waals surface area contributed by atoms with Crippen LogP contribution in [0.1, 0.15) is 32.8 Å². The number of rotatable bonds is 10. The lowest BCUT2D eigenvalue weighted by Gasteiger charge is -2.32. The molecule has 0 aliphatic rings. The third-order valence-electron chi connectivity index (χ3n) is 12.4. The molecule has 0 radical (unpaired) electrons. The minimum absolute atomic E-state index is 0.0129. The van der Waals surface area contributed by atoms with Gasteiger partial charge in [-0.1, -0.05) is 154 Å². The van der Waals surface area contributed by atoms with Gasteiger partial charge in [0.1, 0.15) is 11.6 Å². The average molecular weight is 795 g/mol. The second kappa shape index (κ2) is 15.4. The summed E-state index contributed by atoms with van der Waals surface area (Å²) < 4.78 is 30.8. The van der Waals surface area contributed by atoms with E-state index in [0.29, 0.717) is 11.4 Å². The summed E-state index contributed by atoms with van der Waals surface area (Å²) in [4.78, 5) is 4.31. The largest absolute Gasteiger partial charge is 0.310 e. The van der Waals surface area contributed by atoms with Gasteiger partial charge in [0, 0.05) is 38.9 Å². The van der Waals surface area contributed by atoms with Crippen molar-refractivity contribution < 1.29 is 8.78 Å². The molecular weight excluding hydrogens is 751 g/mol. The van der Waals surface area contributed by atoms with Crippen LogP contribution in [-0.4, -0.2) is 0 Å². The van der Waals surface area contributed by atoms with Crippen molar-refractivity contribution >= 4 is 66.4 Å². The van der Waals surface area contributed by atoms with E-state index in [9.17, 15) is 0 Å². The lowest BCUT2D eigenvalue weighted by molar-refractivity contribution is 0.507. The molecule has 0 spiro atoms. The molecule has 2 nitrogen and oxygen atoms in total. The van der Waals surface area contributed by atoms with Crippen LogP contribution >= 0.6 is 0 Å². The Bertz CT molecular complexity index is 2960. The van der Waals surface area contributed by atoms with Crippen molar-refractivity contribution in [3.05, 3.63) is 217 Å². The van der Waals surface area contributed by atoms with Crippen LogP contribution in [0.25, 0.3) is 54.6 Å². The van der Waals surface area contributed by atoms with Crippen LogP contribution in [0.5, 0.6) is 0 Å². The highest BCUT2D eigenvalue weighted by Crippen LogP contribution is 2.51. The first-order valence-electron chi connectivity index (χ1n) is 20.9. The molecule has 10 aromatic carbocycles. The van der Waals surface area contributed by atoms with Gasteiger partial charge in [0.2, 0.25) is 0 Å². The Morgan fingerprint density at radius 3 is 1.23 bits per heavy atom. The number of anilines is 6. The molecule has 4 heteroatoms. The van der Waals surface area contributed by atoms with Crippen molar-refractivity contribution in [3.63, 3.8) is 0 Å². The van der Waals surface area contributed by atoms with Crippen molar-refractivity contribution in [2.75, 3.05) is 9.80 Å². The van der Waals surface area contributed by atoms with Crippen LogP contribution in [0, 0.1) is 11.6 Å². The molecule has 61 heavy (non-hydrogen) atoms. The SMILES string of the molecule is CCC(C)(C)c1cc2ccc3c(N(c4ccc(-c5ccccc5)cc4)c4cccc(F)c4)cc(N(c4ccc(-c5ccccc5)cc4)c4cccc(F)c4)c4ccc(c1)c2c34. The molecule has 0 saturated heterocycles. The maximum atomic E-state index is 15.4. The fourth-order valence-corrected chi connectivity index (χ4v) is 8.80. The molecular formula is C57H44F2N2. The molecule has 0 atom stereocenters. The normalized spacial score (nSPS) is 11.8. The number of hydrogen-bond donors (Lipinski definition) is 0. The molecule has 0 aromatic heterocycles. The molecule has 10 aromatic rings. The number of hydrogen-bond acceptors (Lipinski definition) is 2.